The number of hydrogen-bond donors (Lipinski definition) is 0. The van der Waals surface area contributed by atoms with E-state index in [9.17, 15) is 14.4 Å². The highest BCUT2D eigenvalue weighted by Gasteiger charge is 2.38. The largest absolute Gasteiger partial charge is 0.444 e. The molecule has 6 nitrogen and oxygen atoms in total. The number of rotatable bonds is 4. The van der Waals surface area contributed by atoms with Gasteiger partial charge in [0.25, 0.3) is 11.7 Å². The lowest BCUT2D eigenvalue weighted by Crippen LogP contribution is -2.48. The number of likely N-dealkylation sites (tertiary alicyclic amines) is 1. The molecule has 3 heterocycles. The minimum atomic E-state index is -0.443. The molecule has 0 N–H and O–H groups in total. The Kier molecular flexibility index (Phi) is 4.66. The molecule has 1 aromatic heterocycles. The van der Waals surface area contributed by atoms with Crippen molar-refractivity contribution >= 4 is 29.1 Å². The topological polar surface area (TPSA) is 66.9 Å². The quantitative estimate of drug-likeness (QED) is 0.624. The maximum Gasteiger partial charge on any atom is 0.410 e. The summed E-state index contributed by atoms with van der Waals surface area (Å²) in [5, 5.41) is 1.79. The molecule has 0 aromatic carbocycles. The molecule has 0 aliphatic carbocycles. The molecule has 2 aliphatic rings. The standard InChI is InChI=1S/C16H20N2O4S/c1-2-12-10-18(16(21)22-12)11-5-7-17(8-6-11)15(20)14(19)13-4-3-9-23-13/h3-4,9,11-12H,2,5-8,10H2,1H3. The maximum absolute atomic E-state index is 12.3. The number of Topliss-reactive ketones (excluding diaryl/α,β-unsaturated/α-hetero) is 1. The summed E-state index contributed by atoms with van der Waals surface area (Å²) < 4.78 is 5.29. The number of nitrogens with zero attached hydrogens (tertiary/aromatic N) is 2. The number of hydrogen-bond acceptors (Lipinski definition) is 5. The lowest BCUT2D eigenvalue weighted by Gasteiger charge is -2.35. The summed E-state index contributed by atoms with van der Waals surface area (Å²) in [6.45, 7) is 3.63. The summed E-state index contributed by atoms with van der Waals surface area (Å²) in [5.74, 6) is -0.883. The summed E-state index contributed by atoms with van der Waals surface area (Å²) >= 11 is 1.28. The predicted molar refractivity (Wildman–Crippen MR) is 85.5 cm³/mol. The van der Waals surface area contributed by atoms with Crippen molar-refractivity contribution in [1.82, 2.24) is 9.80 Å². The van der Waals surface area contributed by atoms with Crippen LogP contribution >= 0.6 is 11.3 Å². The van der Waals surface area contributed by atoms with Crippen molar-refractivity contribution in [3.8, 4) is 0 Å². The van der Waals surface area contributed by atoms with Crippen LogP contribution in [0.4, 0.5) is 4.79 Å². The van der Waals surface area contributed by atoms with Gasteiger partial charge in [0.15, 0.2) is 0 Å². The lowest BCUT2D eigenvalue weighted by atomic mass is 10.0. The number of cyclic esters (lactones) is 1. The zero-order chi connectivity index (χ0) is 16.4. The highest BCUT2D eigenvalue weighted by Crippen LogP contribution is 2.24. The summed E-state index contributed by atoms with van der Waals surface area (Å²) in [7, 11) is 0. The fourth-order valence-corrected chi connectivity index (χ4v) is 3.74. The van der Waals surface area contributed by atoms with Gasteiger partial charge in [-0.2, -0.15) is 0 Å². The minimum Gasteiger partial charge on any atom is -0.444 e. The number of ketones is 1. The van der Waals surface area contributed by atoms with Crippen LogP contribution in [0.2, 0.25) is 0 Å². The van der Waals surface area contributed by atoms with Crippen LogP contribution < -0.4 is 0 Å². The third-order valence-electron chi connectivity index (χ3n) is 4.49. The summed E-state index contributed by atoms with van der Waals surface area (Å²) in [5.41, 5.74) is 0. The van der Waals surface area contributed by atoms with Gasteiger partial charge in [-0.05, 0) is 30.7 Å². The maximum atomic E-state index is 12.3. The first-order valence-corrected chi connectivity index (χ1v) is 8.82. The molecule has 0 spiro atoms. The molecule has 23 heavy (non-hydrogen) atoms. The third kappa shape index (κ3) is 3.24. The van der Waals surface area contributed by atoms with Crippen LogP contribution in [0.15, 0.2) is 17.5 Å². The monoisotopic (exact) mass is 336 g/mol. The number of carbonyl (C=O) groups is 3. The SMILES string of the molecule is CCC1CN(C2CCN(C(=O)C(=O)c3cccs3)CC2)C(=O)O1. The Labute approximate surface area is 139 Å². The van der Waals surface area contributed by atoms with Gasteiger partial charge in [0.05, 0.1) is 11.4 Å². The first-order chi connectivity index (χ1) is 11.1. The number of thiophene rings is 1. The molecule has 7 heteroatoms. The van der Waals surface area contributed by atoms with Crippen LogP contribution in [0.3, 0.4) is 0 Å². The molecule has 2 fully saturated rings. The molecule has 1 aromatic rings. The Hall–Kier alpha value is -1.89. The van der Waals surface area contributed by atoms with E-state index in [1.807, 2.05) is 6.92 Å². The zero-order valence-electron chi connectivity index (χ0n) is 13.1. The van der Waals surface area contributed by atoms with Gasteiger partial charge in [0.1, 0.15) is 6.10 Å². The van der Waals surface area contributed by atoms with Gasteiger partial charge in [-0.25, -0.2) is 4.79 Å². The zero-order valence-corrected chi connectivity index (χ0v) is 13.9. The minimum absolute atomic E-state index is 0.0254. The van der Waals surface area contributed by atoms with E-state index in [1.54, 1.807) is 27.3 Å². The molecule has 2 amide bonds. The average Bonchev–Trinajstić information content (AvgIpc) is 3.23. The Bertz CT molecular complexity index is 593. The van der Waals surface area contributed by atoms with Crippen molar-refractivity contribution in [2.24, 2.45) is 0 Å². The summed E-state index contributed by atoms with van der Waals surface area (Å²) in [6, 6.07) is 3.53. The van der Waals surface area contributed by atoms with Crippen molar-refractivity contribution in [2.75, 3.05) is 19.6 Å². The van der Waals surface area contributed by atoms with E-state index in [-0.39, 0.29) is 18.2 Å². The van der Waals surface area contributed by atoms with E-state index in [0.717, 1.165) is 6.42 Å². The number of piperidine rings is 1. The van der Waals surface area contributed by atoms with E-state index >= 15 is 0 Å². The Morgan fingerprint density at radius 1 is 1.35 bits per heavy atom. The molecule has 2 saturated heterocycles. The second-order valence-electron chi connectivity index (χ2n) is 5.90. The highest BCUT2D eigenvalue weighted by molar-refractivity contribution is 7.12. The molecule has 0 bridgehead atoms. The van der Waals surface area contributed by atoms with Crippen molar-refractivity contribution in [1.29, 1.82) is 0 Å². The van der Waals surface area contributed by atoms with Crippen LogP contribution in [-0.2, 0) is 9.53 Å². The van der Waals surface area contributed by atoms with Gasteiger partial charge in [-0.3, -0.25) is 9.59 Å². The Balaban J connectivity index is 1.55. The molecular weight excluding hydrogens is 316 g/mol. The van der Waals surface area contributed by atoms with Gasteiger partial charge < -0.3 is 14.5 Å². The van der Waals surface area contributed by atoms with E-state index in [1.165, 1.54) is 11.3 Å². The molecule has 1 atom stereocenters. The van der Waals surface area contributed by atoms with E-state index in [4.69, 9.17) is 4.74 Å². The Morgan fingerprint density at radius 2 is 2.09 bits per heavy atom. The number of ether oxygens (including phenoxy) is 1. The van der Waals surface area contributed by atoms with Crippen molar-refractivity contribution in [3.63, 3.8) is 0 Å². The van der Waals surface area contributed by atoms with Gasteiger partial charge >= 0.3 is 6.09 Å². The van der Waals surface area contributed by atoms with E-state index in [2.05, 4.69) is 0 Å². The van der Waals surface area contributed by atoms with Crippen LogP contribution in [0.25, 0.3) is 0 Å². The van der Waals surface area contributed by atoms with Gasteiger partial charge in [0, 0.05) is 19.1 Å². The fraction of sp³-hybridized carbons (Fsp3) is 0.562. The normalized spacial score (nSPS) is 22.3. The van der Waals surface area contributed by atoms with Crippen molar-refractivity contribution in [2.45, 2.75) is 38.3 Å². The van der Waals surface area contributed by atoms with Gasteiger partial charge in [0.2, 0.25) is 0 Å². The first kappa shape index (κ1) is 16.0. The van der Waals surface area contributed by atoms with Crippen LogP contribution in [0, 0.1) is 0 Å². The van der Waals surface area contributed by atoms with Crippen LogP contribution in [0.1, 0.15) is 35.9 Å². The molecule has 3 rings (SSSR count). The van der Waals surface area contributed by atoms with Crippen molar-refractivity contribution < 1.29 is 19.1 Å². The number of carbonyl (C=O) groups excluding carboxylic acids is 3. The van der Waals surface area contributed by atoms with Crippen LogP contribution in [0.5, 0.6) is 0 Å². The molecule has 124 valence electrons. The molecular formula is C16H20N2O4S. The summed E-state index contributed by atoms with van der Waals surface area (Å²) in [6.07, 6.45) is 1.91. The third-order valence-corrected chi connectivity index (χ3v) is 5.36. The predicted octanol–water partition coefficient (Wildman–Crippen LogP) is 2.15. The van der Waals surface area contributed by atoms with Crippen LogP contribution in [-0.4, -0.2) is 59.4 Å². The Morgan fingerprint density at radius 3 is 2.65 bits per heavy atom. The molecule has 0 saturated carbocycles. The van der Waals surface area contributed by atoms with E-state index < -0.39 is 11.7 Å². The molecule has 1 unspecified atom stereocenters. The lowest BCUT2D eigenvalue weighted by molar-refractivity contribution is -0.127. The molecule has 0 radical (unpaired) electrons. The van der Waals surface area contributed by atoms with Crippen molar-refractivity contribution in [3.05, 3.63) is 22.4 Å². The van der Waals surface area contributed by atoms with Gasteiger partial charge in [-0.15, -0.1) is 11.3 Å². The highest BCUT2D eigenvalue weighted by atomic mass is 32.1. The first-order valence-electron chi connectivity index (χ1n) is 7.94. The summed E-state index contributed by atoms with van der Waals surface area (Å²) in [4.78, 5) is 40.1. The smallest absolute Gasteiger partial charge is 0.410 e. The second-order valence-corrected chi connectivity index (χ2v) is 6.84. The fourth-order valence-electron chi connectivity index (χ4n) is 3.09. The number of amides is 2. The second kappa shape index (κ2) is 6.70. The average molecular weight is 336 g/mol. The van der Waals surface area contributed by atoms with E-state index in [0.29, 0.717) is 37.4 Å². The van der Waals surface area contributed by atoms with Gasteiger partial charge in [-0.1, -0.05) is 13.0 Å². The molecule has 2 aliphatic heterocycles.